The lowest BCUT2D eigenvalue weighted by molar-refractivity contribution is -0.120. The number of ether oxygens (including phenoxy) is 1. The summed E-state index contributed by atoms with van der Waals surface area (Å²) >= 11 is 0. The van der Waals surface area contributed by atoms with Crippen LogP contribution in [0.5, 0.6) is 0 Å². The van der Waals surface area contributed by atoms with Crippen LogP contribution in [0.2, 0.25) is 0 Å². The van der Waals surface area contributed by atoms with Crippen molar-refractivity contribution in [1.82, 2.24) is 10.2 Å². The van der Waals surface area contributed by atoms with E-state index in [4.69, 9.17) is 4.74 Å². The van der Waals surface area contributed by atoms with E-state index in [2.05, 4.69) is 10.2 Å². The van der Waals surface area contributed by atoms with Gasteiger partial charge in [0, 0.05) is 13.5 Å². The van der Waals surface area contributed by atoms with Gasteiger partial charge < -0.3 is 10.1 Å². The molecule has 0 radical (unpaired) electrons. The monoisotopic (exact) mass is 198 g/mol. The first-order valence-corrected chi connectivity index (χ1v) is 5.37. The minimum Gasteiger partial charge on any atom is -0.360 e. The molecule has 1 N–H and O–H groups in total. The SMILES string of the molecule is COC1NC(=O)CC1N1CCCCC1. The minimum atomic E-state index is -0.0967. The van der Waals surface area contributed by atoms with Gasteiger partial charge >= 0.3 is 0 Å². The number of carbonyl (C=O) groups is 1. The summed E-state index contributed by atoms with van der Waals surface area (Å²) in [6.45, 7) is 2.22. The van der Waals surface area contributed by atoms with Gasteiger partial charge in [-0.05, 0) is 25.9 Å². The van der Waals surface area contributed by atoms with Crippen LogP contribution in [0.15, 0.2) is 0 Å². The van der Waals surface area contributed by atoms with Crippen molar-refractivity contribution in [3.63, 3.8) is 0 Å². The number of rotatable bonds is 2. The van der Waals surface area contributed by atoms with E-state index < -0.39 is 0 Å². The van der Waals surface area contributed by atoms with E-state index in [0.29, 0.717) is 6.42 Å². The smallest absolute Gasteiger partial charge is 0.223 e. The molecule has 2 saturated heterocycles. The van der Waals surface area contributed by atoms with Gasteiger partial charge in [0.1, 0.15) is 6.23 Å². The van der Waals surface area contributed by atoms with Crippen LogP contribution < -0.4 is 5.32 Å². The summed E-state index contributed by atoms with van der Waals surface area (Å²) in [6, 6.07) is 0.257. The minimum absolute atomic E-state index is 0.0967. The van der Waals surface area contributed by atoms with Gasteiger partial charge in [-0.2, -0.15) is 0 Å². The van der Waals surface area contributed by atoms with Crippen LogP contribution in [0.25, 0.3) is 0 Å². The van der Waals surface area contributed by atoms with Crippen molar-refractivity contribution in [2.45, 2.75) is 38.0 Å². The fourth-order valence-corrected chi connectivity index (χ4v) is 2.40. The zero-order chi connectivity index (χ0) is 9.97. The molecule has 0 saturated carbocycles. The molecule has 2 rings (SSSR count). The fraction of sp³-hybridized carbons (Fsp3) is 0.900. The van der Waals surface area contributed by atoms with Crippen molar-refractivity contribution in [2.75, 3.05) is 20.2 Å². The van der Waals surface area contributed by atoms with Gasteiger partial charge in [-0.25, -0.2) is 0 Å². The molecule has 14 heavy (non-hydrogen) atoms. The van der Waals surface area contributed by atoms with Crippen molar-refractivity contribution in [2.24, 2.45) is 0 Å². The summed E-state index contributed by atoms with van der Waals surface area (Å²) < 4.78 is 5.27. The highest BCUT2D eigenvalue weighted by Gasteiger charge is 2.36. The number of carbonyl (C=O) groups excluding carboxylic acids is 1. The van der Waals surface area contributed by atoms with Crippen molar-refractivity contribution < 1.29 is 9.53 Å². The predicted molar refractivity (Wildman–Crippen MR) is 52.8 cm³/mol. The first kappa shape index (κ1) is 9.93. The molecule has 1 amide bonds. The van der Waals surface area contributed by atoms with Gasteiger partial charge in [-0.15, -0.1) is 0 Å². The standard InChI is InChI=1S/C10H18N2O2/c1-14-10-8(7-9(13)11-10)12-5-3-2-4-6-12/h8,10H,2-7H2,1H3,(H,11,13). The fourth-order valence-electron chi connectivity index (χ4n) is 2.40. The molecule has 4 nitrogen and oxygen atoms in total. The number of hydrogen-bond acceptors (Lipinski definition) is 3. The third-order valence-electron chi connectivity index (χ3n) is 3.16. The van der Waals surface area contributed by atoms with Gasteiger partial charge in [-0.3, -0.25) is 9.69 Å². The highest BCUT2D eigenvalue weighted by molar-refractivity contribution is 5.79. The van der Waals surface area contributed by atoms with Gasteiger partial charge in [-0.1, -0.05) is 6.42 Å². The summed E-state index contributed by atoms with van der Waals surface area (Å²) in [5.41, 5.74) is 0. The van der Waals surface area contributed by atoms with Crippen LogP contribution in [0, 0.1) is 0 Å². The predicted octanol–water partition coefficient (Wildman–Crippen LogP) is 0.333. The molecule has 2 fully saturated rings. The van der Waals surface area contributed by atoms with Crippen LogP contribution in [0.4, 0.5) is 0 Å². The summed E-state index contributed by atoms with van der Waals surface area (Å²) in [5.74, 6) is 0.118. The second kappa shape index (κ2) is 4.28. The second-order valence-corrected chi connectivity index (χ2v) is 4.09. The molecule has 4 heteroatoms. The molecule has 2 unspecified atom stereocenters. The van der Waals surface area contributed by atoms with Crippen LogP contribution in [-0.2, 0) is 9.53 Å². The van der Waals surface area contributed by atoms with E-state index in [1.165, 1.54) is 19.3 Å². The number of piperidine rings is 1. The Morgan fingerprint density at radius 2 is 2.07 bits per heavy atom. The maximum atomic E-state index is 11.2. The van der Waals surface area contributed by atoms with E-state index >= 15 is 0 Å². The molecule has 0 spiro atoms. The lowest BCUT2D eigenvalue weighted by Crippen LogP contribution is -2.46. The summed E-state index contributed by atoms with van der Waals surface area (Å²) in [7, 11) is 1.66. The Morgan fingerprint density at radius 3 is 2.71 bits per heavy atom. The molecule has 2 aliphatic heterocycles. The average molecular weight is 198 g/mol. The van der Waals surface area contributed by atoms with Gasteiger partial charge in [0.25, 0.3) is 0 Å². The summed E-state index contributed by atoms with van der Waals surface area (Å²) in [6.07, 6.45) is 4.32. The molecule has 0 aromatic heterocycles. The average Bonchev–Trinajstić information content (AvgIpc) is 2.61. The van der Waals surface area contributed by atoms with Crippen LogP contribution in [0.3, 0.4) is 0 Å². The quantitative estimate of drug-likeness (QED) is 0.695. The Labute approximate surface area is 84.6 Å². The van der Waals surface area contributed by atoms with Crippen molar-refractivity contribution in [1.29, 1.82) is 0 Å². The maximum Gasteiger partial charge on any atom is 0.223 e. The Bertz CT molecular complexity index is 214. The number of amides is 1. The van der Waals surface area contributed by atoms with Crippen molar-refractivity contribution in [3.05, 3.63) is 0 Å². The molecule has 0 aromatic rings. The normalized spacial score (nSPS) is 34.5. The first-order valence-electron chi connectivity index (χ1n) is 5.37. The third kappa shape index (κ3) is 1.91. The van der Waals surface area contributed by atoms with Gasteiger partial charge in [0.15, 0.2) is 0 Å². The molecule has 2 heterocycles. The Balaban J connectivity index is 1.97. The first-order chi connectivity index (χ1) is 6.81. The van der Waals surface area contributed by atoms with E-state index in [1.807, 2.05) is 0 Å². The van der Waals surface area contributed by atoms with Gasteiger partial charge in [0.05, 0.1) is 6.04 Å². The topological polar surface area (TPSA) is 41.6 Å². The zero-order valence-electron chi connectivity index (χ0n) is 8.66. The largest absolute Gasteiger partial charge is 0.360 e. The second-order valence-electron chi connectivity index (χ2n) is 4.09. The maximum absolute atomic E-state index is 11.2. The Hall–Kier alpha value is -0.610. The summed E-state index contributed by atoms with van der Waals surface area (Å²) in [4.78, 5) is 13.6. The van der Waals surface area contributed by atoms with Crippen LogP contribution in [0.1, 0.15) is 25.7 Å². The van der Waals surface area contributed by atoms with Crippen molar-refractivity contribution in [3.8, 4) is 0 Å². The Morgan fingerprint density at radius 1 is 1.36 bits per heavy atom. The van der Waals surface area contributed by atoms with E-state index in [9.17, 15) is 4.79 Å². The van der Waals surface area contributed by atoms with Gasteiger partial charge in [0.2, 0.25) is 5.91 Å². The molecule has 0 aliphatic carbocycles. The molecular weight excluding hydrogens is 180 g/mol. The van der Waals surface area contributed by atoms with E-state index in [0.717, 1.165) is 13.1 Å². The molecule has 2 atom stereocenters. The molecule has 0 aromatic carbocycles. The number of methoxy groups -OCH3 is 1. The number of nitrogens with zero attached hydrogens (tertiary/aromatic N) is 1. The summed E-state index contributed by atoms with van der Waals surface area (Å²) in [5, 5.41) is 2.85. The third-order valence-corrected chi connectivity index (χ3v) is 3.16. The van der Waals surface area contributed by atoms with E-state index in [-0.39, 0.29) is 18.2 Å². The lowest BCUT2D eigenvalue weighted by Gasteiger charge is -2.33. The number of hydrogen-bond donors (Lipinski definition) is 1. The lowest BCUT2D eigenvalue weighted by atomic mass is 10.1. The highest BCUT2D eigenvalue weighted by atomic mass is 16.5. The van der Waals surface area contributed by atoms with Crippen LogP contribution in [-0.4, -0.2) is 43.3 Å². The van der Waals surface area contributed by atoms with Crippen molar-refractivity contribution >= 4 is 5.91 Å². The Kier molecular flexibility index (Phi) is 3.03. The molecule has 80 valence electrons. The van der Waals surface area contributed by atoms with Crippen LogP contribution >= 0.6 is 0 Å². The molecular formula is C10H18N2O2. The highest BCUT2D eigenvalue weighted by Crippen LogP contribution is 2.20. The number of nitrogens with one attached hydrogen (secondary N) is 1. The molecule has 0 bridgehead atoms. The van der Waals surface area contributed by atoms with E-state index in [1.54, 1.807) is 7.11 Å². The zero-order valence-corrected chi connectivity index (χ0v) is 8.66. The number of likely N-dealkylation sites (tertiary alicyclic amines) is 1. The molecule has 2 aliphatic rings.